The average molecular weight is 381 g/mol. The molecule has 0 unspecified atom stereocenters. The lowest BCUT2D eigenvalue weighted by Crippen LogP contribution is -2.17. The van der Waals surface area contributed by atoms with Crippen molar-refractivity contribution in [2.45, 2.75) is 19.3 Å². The highest BCUT2D eigenvalue weighted by molar-refractivity contribution is 7.09. The van der Waals surface area contributed by atoms with Crippen LogP contribution in [-0.2, 0) is 24.1 Å². The van der Waals surface area contributed by atoms with E-state index in [1.54, 1.807) is 29.8 Å². The third-order valence-electron chi connectivity index (χ3n) is 4.14. The summed E-state index contributed by atoms with van der Waals surface area (Å²) < 4.78 is 11.0. The molecule has 7 heteroatoms. The van der Waals surface area contributed by atoms with Crippen molar-refractivity contribution in [1.82, 2.24) is 9.97 Å². The Labute approximate surface area is 161 Å². The van der Waals surface area contributed by atoms with E-state index in [1.165, 1.54) is 5.56 Å². The Morgan fingerprint density at radius 2 is 1.89 bits per heavy atom. The molecular formula is C20H19N3O3S. The van der Waals surface area contributed by atoms with Gasteiger partial charge in [-0.3, -0.25) is 9.78 Å². The fourth-order valence-corrected chi connectivity index (χ4v) is 3.63. The minimum Gasteiger partial charge on any atom is -0.486 e. The number of fused-ring (bicyclic) bond motifs is 1. The standard InChI is InChI=1S/C20H19N3O3S/c24-19(22-15-2-3-17-18(11-15)26-10-9-25-17)12-16-13-27-20(23-16)4-1-14-5-7-21-8-6-14/h2-3,5-8,11,13H,1,4,9-10,12H2,(H,22,24). The number of ether oxygens (including phenoxy) is 2. The number of aryl methyl sites for hydroxylation is 2. The van der Waals surface area contributed by atoms with E-state index in [2.05, 4.69) is 15.3 Å². The third kappa shape index (κ3) is 4.62. The first-order chi connectivity index (χ1) is 13.3. The molecule has 2 aromatic heterocycles. The van der Waals surface area contributed by atoms with Crippen LogP contribution in [-0.4, -0.2) is 29.1 Å². The number of nitrogens with one attached hydrogen (secondary N) is 1. The number of pyridine rings is 1. The molecule has 1 aromatic carbocycles. The molecule has 1 amide bonds. The highest BCUT2D eigenvalue weighted by atomic mass is 32.1. The molecule has 6 nitrogen and oxygen atoms in total. The van der Waals surface area contributed by atoms with E-state index in [4.69, 9.17) is 9.47 Å². The molecule has 3 heterocycles. The van der Waals surface area contributed by atoms with Crippen LogP contribution in [0.2, 0.25) is 0 Å². The minimum absolute atomic E-state index is 0.0994. The molecule has 4 rings (SSSR count). The normalized spacial score (nSPS) is 12.6. The van der Waals surface area contributed by atoms with Gasteiger partial charge in [0.25, 0.3) is 0 Å². The maximum atomic E-state index is 12.3. The van der Waals surface area contributed by atoms with Crippen molar-refractivity contribution >= 4 is 22.9 Å². The van der Waals surface area contributed by atoms with E-state index in [9.17, 15) is 4.79 Å². The summed E-state index contributed by atoms with van der Waals surface area (Å²) in [6.45, 7) is 1.07. The van der Waals surface area contributed by atoms with Crippen LogP contribution in [0, 0.1) is 0 Å². The number of aromatic nitrogens is 2. The zero-order valence-electron chi connectivity index (χ0n) is 14.7. The van der Waals surface area contributed by atoms with E-state index in [-0.39, 0.29) is 12.3 Å². The van der Waals surface area contributed by atoms with Gasteiger partial charge in [-0.25, -0.2) is 4.98 Å². The first kappa shape index (κ1) is 17.5. The smallest absolute Gasteiger partial charge is 0.230 e. The summed E-state index contributed by atoms with van der Waals surface area (Å²) in [4.78, 5) is 20.9. The maximum absolute atomic E-state index is 12.3. The van der Waals surface area contributed by atoms with Crippen LogP contribution in [0.1, 0.15) is 16.3 Å². The van der Waals surface area contributed by atoms with Crippen molar-refractivity contribution < 1.29 is 14.3 Å². The first-order valence-corrected chi connectivity index (χ1v) is 9.66. The number of hydrogen-bond acceptors (Lipinski definition) is 6. The van der Waals surface area contributed by atoms with Gasteiger partial charge in [0.1, 0.15) is 13.2 Å². The Morgan fingerprint density at radius 3 is 2.74 bits per heavy atom. The van der Waals surface area contributed by atoms with E-state index in [0.717, 1.165) is 23.5 Å². The SMILES string of the molecule is O=C(Cc1csc(CCc2ccncc2)n1)Nc1ccc2c(c1)OCCO2. The van der Waals surface area contributed by atoms with Crippen molar-refractivity contribution in [3.05, 3.63) is 64.4 Å². The Morgan fingerprint density at radius 1 is 1.07 bits per heavy atom. The summed E-state index contributed by atoms with van der Waals surface area (Å²) in [5.41, 5.74) is 2.72. The molecule has 138 valence electrons. The minimum atomic E-state index is -0.0994. The number of rotatable bonds is 6. The van der Waals surface area contributed by atoms with Crippen molar-refractivity contribution in [2.75, 3.05) is 18.5 Å². The molecule has 0 atom stereocenters. The van der Waals surface area contributed by atoms with Gasteiger partial charge in [-0.2, -0.15) is 0 Å². The topological polar surface area (TPSA) is 73.3 Å². The summed E-state index contributed by atoms with van der Waals surface area (Å²) in [5.74, 6) is 1.27. The molecule has 0 fully saturated rings. The van der Waals surface area contributed by atoms with Crippen molar-refractivity contribution in [1.29, 1.82) is 0 Å². The van der Waals surface area contributed by atoms with Gasteiger partial charge in [0.05, 0.1) is 17.1 Å². The molecule has 27 heavy (non-hydrogen) atoms. The highest BCUT2D eigenvalue weighted by Gasteiger charge is 2.13. The van der Waals surface area contributed by atoms with Crippen molar-refractivity contribution in [3.8, 4) is 11.5 Å². The molecule has 0 bridgehead atoms. The number of nitrogens with zero attached hydrogens (tertiary/aromatic N) is 2. The van der Waals surface area contributed by atoms with Gasteiger partial charge in [0, 0.05) is 35.9 Å². The largest absolute Gasteiger partial charge is 0.486 e. The van der Waals surface area contributed by atoms with Crippen LogP contribution in [0.15, 0.2) is 48.1 Å². The molecular weight excluding hydrogens is 362 g/mol. The zero-order chi connectivity index (χ0) is 18.5. The van der Waals surface area contributed by atoms with Gasteiger partial charge in [-0.1, -0.05) is 0 Å². The monoisotopic (exact) mass is 381 g/mol. The molecule has 1 N–H and O–H groups in total. The second-order valence-electron chi connectivity index (χ2n) is 6.17. The number of thiazole rings is 1. The molecule has 0 saturated heterocycles. The lowest BCUT2D eigenvalue weighted by Gasteiger charge is -2.18. The fourth-order valence-electron chi connectivity index (χ4n) is 2.84. The average Bonchev–Trinajstić information content (AvgIpc) is 3.14. The Kier molecular flexibility index (Phi) is 5.29. The predicted molar refractivity (Wildman–Crippen MR) is 104 cm³/mol. The van der Waals surface area contributed by atoms with Crippen LogP contribution in [0.5, 0.6) is 11.5 Å². The van der Waals surface area contributed by atoms with E-state index < -0.39 is 0 Å². The molecule has 0 aliphatic carbocycles. The third-order valence-corrected chi connectivity index (χ3v) is 5.10. The van der Waals surface area contributed by atoms with E-state index in [0.29, 0.717) is 30.4 Å². The number of hydrogen-bond donors (Lipinski definition) is 1. The summed E-state index contributed by atoms with van der Waals surface area (Å²) in [6.07, 6.45) is 5.62. The molecule has 0 spiro atoms. The van der Waals surface area contributed by atoms with Crippen LogP contribution in [0.4, 0.5) is 5.69 Å². The number of carbonyl (C=O) groups is 1. The van der Waals surface area contributed by atoms with Crippen LogP contribution < -0.4 is 14.8 Å². The van der Waals surface area contributed by atoms with Gasteiger partial charge < -0.3 is 14.8 Å². The quantitative estimate of drug-likeness (QED) is 0.709. The lowest BCUT2D eigenvalue weighted by atomic mass is 10.1. The first-order valence-electron chi connectivity index (χ1n) is 8.78. The number of benzene rings is 1. The van der Waals surface area contributed by atoms with Crippen LogP contribution >= 0.6 is 11.3 Å². The predicted octanol–water partition coefficient (Wildman–Crippen LogP) is 3.28. The van der Waals surface area contributed by atoms with Crippen molar-refractivity contribution in [3.63, 3.8) is 0 Å². The summed E-state index contributed by atoms with van der Waals surface area (Å²) in [6, 6.07) is 9.43. The number of amides is 1. The van der Waals surface area contributed by atoms with Gasteiger partial charge in [-0.15, -0.1) is 11.3 Å². The van der Waals surface area contributed by atoms with Gasteiger partial charge in [-0.05, 0) is 36.2 Å². The van der Waals surface area contributed by atoms with Gasteiger partial charge >= 0.3 is 0 Å². The molecule has 1 aliphatic rings. The van der Waals surface area contributed by atoms with Gasteiger partial charge in [0.15, 0.2) is 11.5 Å². The van der Waals surface area contributed by atoms with Gasteiger partial charge in [0.2, 0.25) is 5.91 Å². The van der Waals surface area contributed by atoms with Crippen LogP contribution in [0.25, 0.3) is 0 Å². The van der Waals surface area contributed by atoms with Crippen LogP contribution in [0.3, 0.4) is 0 Å². The lowest BCUT2D eigenvalue weighted by molar-refractivity contribution is -0.115. The molecule has 0 radical (unpaired) electrons. The zero-order valence-corrected chi connectivity index (χ0v) is 15.5. The van der Waals surface area contributed by atoms with Crippen molar-refractivity contribution in [2.24, 2.45) is 0 Å². The highest BCUT2D eigenvalue weighted by Crippen LogP contribution is 2.32. The maximum Gasteiger partial charge on any atom is 0.230 e. The summed E-state index contributed by atoms with van der Waals surface area (Å²) in [5, 5.41) is 5.88. The second-order valence-corrected chi connectivity index (χ2v) is 7.11. The fraction of sp³-hybridized carbons (Fsp3) is 0.250. The Bertz CT molecular complexity index is 927. The Hall–Kier alpha value is -2.93. The van der Waals surface area contributed by atoms with E-state index in [1.807, 2.05) is 29.6 Å². The second kappa shape index (κ2) is 8.18. The van der Waals surface area contributed by atoms with E-state index >= 15 is 0 Å². The number of anilines is 1. The molecule has 3 aromatic rings. The molecule has 0 saturated carbocycles. The molecule has 1 aliphatic heterocycles. The summed E-state index contributed by atoms with van der Waals surface area (Å²) in [7, 11) is 0. The Balaban J connectivity index is 1.31. The summed E-state index contributed by atoms with van der Waals surface area (Å²) >= 11 is 1.59. The number of carbonyl (C=O) groups excluding carboxylic acids is 1.